The lowest BCUT2D eigenvalue weighted by molar-refractivity contribution is 0.133. The molecule has 2 heterocycles. The summed E-state index contributed by atoms with van der Waals surface area (Å²) in [5.74, 6) is 0.351. The highest BCUT2D eigenvalue weighted by Crippen LogP contribution is 2.37. The van der Waals surface area contributed by atoms with E-state index in [0.29, 0.717) is 6.54 Å². The zero-order valence-corrected chi connectivity index (χ0v) is 12.0. The average Bonchev–Trinajstić information content (AvgIpc) is 2.61. The standard InChI is InChI=1S/C16H23FN2O/c1-19-14-2-3-15(19)6-12(5-14)10-18-9-11-4-13(17)8-16(20)7-11/h4,7-8,12,14-15,18,20H,2-3,5-6,9-10H2,1H3. The highest BCUT2D eigenvalue weighted by molar-refractivity contribution is 5.28. The van der Waals surface area contributed by atoms with E-state index >= 15 is 0 Å². The molecule has 0 radical (unpaired) electrons. The normalized spacial score (nSPS) is 29.8. The molecule has 0 saturated carbocycles. The SMILES string of the molecule is CN1C2CCC1CC(CNCc1cc(O)cc(F)c1)C2. The van der Waals surface area contributed by atoms with Crippen molar-refractivity contribution in [3.8, 4) is 5.75 Å². The van der Waals surface area contributed by atoms with Gasteiger partial charge in [-0.25, -0.2) is 4.39 Å². The van der Waals surface area contributed by atoms with Gasteiger partial charge in [0.25, 0.3) is 0 Å². The van der Waals surface area contributed by atoms with E-state index in [0.717, 1.165) is 36.2 Å². The highest BCUT2D eigenvalue weighted by atomic mass is 19.1. The number of nitrogens with one attached hydrogen (secondary N) is 1. The van der Waals surface area contributed by atoms with E-state index in [1.54, 1.807) is 6.07 Å². The molecule has 2 aliphatic heterocycles. The fourth-order valence-electron chi connectivity index (χ4n) is 3.85. The minimum absolute atomic E-state index is 0.000800. The quantitative estimate of drug-likeness (QED) is 0.888. The Balaban J connectivity index is 1.48. The van der Waals surface area contributed by atoms with Crippen molar-refractivity contribution in [1.82, 2.24) is 10.2 Å². The lowest BCUT2D eigenvalue weighted by Gasteiger charge is -2.36. The van der Waals surface area contributed by atoms with Crippen LogP contribution >= 0.6 is 0 Å². The molecule has 2 N–H and O–H groups in total. The maximum atomic E-state index is 13.2. The molecule has 0 amide bonds. The second-order valence-electron chi connectivity index (χ2n) is 6.34. The van der Waals surface area contributed by atoms with E-state index in [-0.39, 0.29) is 11.6 Å². The van der Waals surface area contributed by atoms with Gasteiger partial charge in [-0.3, -0.25) is 0 Å². The van der Waals surface area contributed by atoms with Gasteiger partial charge in [0.05, 0.1) is 0 Å². The molecule has 4 heteroatoms. The number of fused-ring (bicyclic) bond motifs is 2. The fourth-order valence-corrected chi connectivity index (χ4v) is 3.85. The first-order valence-corrected chi connectivity index (χ1v) is 7.53. The summed E-state index contributed by atoms with van der Waals surface area (Å²) in [6, 6.07) is 5.76. The van der Waals surface area contributed by atoms with E-state index in [1.807, 2.05) is 0 Å². The van der Waals surface area contributed by atoms with Gasteiger partial charge in [0.1, 0.15) is 11.6 Å². The van der Waals surface area contributed by atoms with Crippen molar-refractivity contribution in [1.29, 1.82) is 0 Å². The van der Waals surface area contributed by atoms with Crippen LogP contribution in [-0.4, -0.2) is 35.7 Å². The minimum Gasteiger partial charge on any atom is -0.508 e. The summed E-state index contributed by atoms with van der Waals surface area (Å²) < 4.78 is 13.2. The summed E-state index contributed by atoms with van der Waals surface area (Å²) in [4.78, 5) is 2.54. The van der Waals surface area contributed by atoms with E-state index in [2.05, 4.69) is 17.3 Å². The molecule has 0 aromatic heterocycles. The highest BCUT2D eigenvalue weighted by Gasteiger charge is 2.37. The van der Waals surface area contributed by atoms with E-state index in [4.69, 9.17) is 0 Å². The van der Waals surface area contributed by atoms with Gasteiger partial charge in [-0.05, 0) is 62.9 Å². The van der Waals surface area contributed by atoms with Crippen LogP contribution in [-0.2, 0) is 6.54 Å². The predicted molar refractivity (Wildman–Crippen MR) is 77.1 cm³/mol. The third-order valence-electron chi connectivity index (χ3n) is 4.90. The molecule has 2 saturated heterocycles. The topological polar surface area (TPSA) is 35.5 Å². The van der Waals surface area contributed by atoms with Crippen LogP contribution in [0.2, 0.25) is 0 Å². The monoisotopic (exact) mass is 278 g/mol. The van der Waals surface area contributed by atoms with Crippen molar-refractivity contribution >= 4 is 0 Å². The van der Waals surface area contributed by atoms with Crippen molar-refractivity contribution in [2.75, 3.05) is 13.6 Å². The fraction of sp³-hybridized carbons (Fsp3) is 0.625. The van der Waals surface area contributed by atoms with Gasteiger partial charge in [0, 0.05) is 24.7 Å². The van der Waals surface area contributed by atoms with Crippen molar-refractivity contribution in [2.45, 2.75) is 44.3 Å². The third-order valence-corrected chi connectivity index (χ3v) is 4.90. The molecule has 20 heavy (non-hydrogen) atoms. The molecule has 2 atom stereocenters. The molecule has 2 bridgehead atoms. The second kappa shape index (κ2) is 5.70. The predicted octanol–water partition coefficient (Wildman–Crippen LogP) is 2.49. The first-order chi connectivity index (χ1) is 9.61. The van der Waals surface area contributed by atoms with Crippen LogP contribution in [0.25, 0.3) is 0 Å². The molecule has 1 aromatic carbocycles. The molecule has 3 nitrogen and oxygen atoms in total. The Labute approximate surface area is 119 Å². The molecule has 110 valence electrons. The molecule has 1 aromatic rings. The molecule has 0 spiro atoms. The maximum absolute atomic E-state index is 13.2. The number of nitrogens with zero attached hydrogens (tertiary/aromatic N) is 1. The van der Waals surface area contributed by atoms with Gasteiger partial charge in [0.2, 0.25) is 0 Å². The lowest BCUT2D eigenvalue weighted by Crippen LogP contribution is -2.42. The average molecular weight is 278 g/mol. The van der Waals surface area contributed by atoms with Crippen molar-refractivity contribution in [3.63, 3.8) is 0 Å². The maximum Gasteiger partial charge on any atom is 0.127 e. The van der Waals surface area contributed by atoms with Gasteiger partial charge in [-0.2, -0.15) is 0 Å². The molecular weight excluding hydrogens is 255 g/mol. The van der Waals surface area contributed by atoms with Crippen LogP contribution in [0.3, 0.4) is 0 Å². The van der Waals surface area contributed by atoms with E-state index in [9.17, 15) is 9.50 Å². The molecule has 3 rings (SSSR count). The van der Waals surface area contributed by atoms with Gasteiger partial charge >= 0.3 is 0 Å². The molecule has 2 unspecified atom stereocenters. The molecule has 2 aliphatic rings. The Morgan fingerprint density at radius 3 is 2.60 bits per heavy atom. The number of hydrogen-bond acceptors (Lipinski definition) is 3. The van der Waals surface area contributed by atoms with Gasteiger partial charge in [-0.1, -0.05) is 0 Å². The van der Waals surface area contributed by atoms with Crippen LogP contribution in [0.5, 0.6) is 5.75 Å². The number of rotatable bonds is 4. The molecule has 2 fully saturated rings. The zero-order chi connectivity index (χ0) is 14.1. The van der Waals surface area contributed by atoms with Crippen molar-refractivity contribution in [2.24, 2.45) is 5.92 Å². The van der Waals surface area contributed by atoms with Crippen molar-refractivity contribution < 1.29 is 9.50 Å². The third kappa shape index (κ3) is 2.96. The minimum atomic E-state index is -0.376. The second-order valence-corrected chi connectivity index (χ2v) is 6.34. The number of hydrogen-bond donors (Lipinski definition) is 2. The van der Waals surface area contributed by atoms with Gasteiger partial charge in [0.15, 0.2) is 0 Å². The first-order valence-electron chi connectivity index (χ1n) is 7.53. The van der Waals surface area contributed by atoms with Crippen LogP contribution in [0, 0.1) is 11.7 Å². The number of phenolic OH excluding ortho intramolecular Hbond substituents is 1. The molecular formula is C16H23FN2O. The Morgan fingerprint density at radius 2 is 1.95 bits per heavy atom. The summed E-state index contributed by atoms with van der Waals surface area (Å²) >= 11 is 0. The van der Waals surface area contributed by atoms with E-state index in [1.165, 1.54) is 31.7 Å². The smallest absolute Gasteiger partial charge is 0.127 e. The largest absolute Gasteiger partial charge is 0.508 e. The lowest BCUT2D eigenvalue weighted by atomic mass is 9.91. The number of piperidine rings is 1. The number of benzene rings is 1. The Kier molecular flexibility index (Phi) is 3.94. The zero-order valence-electron chi connectivity index (χ0n) is 12.0. The molecule has 0 aliphatic carbocycles. The summed E-state index contributed by atoms with van der Waals surface area (Å²) in [5.41, 5.74) is 0.804. The van der Waals surface area contributed by atoms with Crippen LogP contribution < -0.4 is 5.32 Å². The Morgan fingerprint density at radius 1 is 1.25 bits per heavy atom. The van der Waals surface area contributed by atoms with Gasteiger partial charge in [-0.15, -0.1) is 0 Å². The summed E-state index contributed by atoms with van der Waals surface area (Å²) in [5, 5.41) is 12.8. The van der Waals surface area contributed by atoms with Crippen LogP contribution in [0.1, 0.15) is 31.2 Å². The summed E-state index contributed by atoms with van der Waals surface area (Å²) in [6.45, 7) is 1.60. The Bertz CT molecular complexity index is 445. The number of halogens is 1. The van der Waals surface area contributed by atoms with Crippen molar-refractivity contribution in [3.05, 3.63) is 29.6 Å². The van der Waals surface area contributed by atoms with Crippen LogP contribution in [0.15, 0.2) is 18.2 Å². The summed E-state index contributed by atoms with van der Waals surface area (Å²) in [6.07, 6.45) is 5.23. The van der Waals surface area contributed by atoms with Crippen LogP contribution in [0.4, 0.5) is 4.39 Å². The first kappa shape index (κ1) is 13.8. The Hall–Kier alpha value is -1.13. The summed E-state index contributed by atoms with van der Waals surface area (Å²) in [7, 11) is 2.25. The number of phenols is 1. The van der Waals surface area contributed by atoms with E-state index < -0.39 is 0 Å². The van der Waals surface area contributed by atoms with Gasteiger partial charge < -0.3 is 15.3 Å². The number of aromatic hydroxyl groups is 1.